The summed E-state index contributed by atoms with van der Waals surface area (Å²) < 4.78 is 5.52. The van der Waals surface area contributed by atoms with E-state index < -0.39 is 0 Å². The first-order valence-electron chi connectivity index (χ1n) is 11.5. The molecule has 29 heavy (non-hydrogen) atoms. The Kier molecular flexibility index (Phi) is 5.53. The Hall–Kier alpha value is -1.59. The summed E-state index contributed by atoms with van der Waals surface area (Å²) >= 11 is 0. The van der Waals surface area contributed by atoms with Crippen molar-refractivity contribution in [1.82, 2.24) is 14.9 Å². The molecule has 0 bridgehead atoms. The lowest BCUT2D eigenvalue weighted by Gasteiger charge is -2.38. The van der Waals surface area contributed by atoms with Gasteiger partial charge in [0.05, 0.1) is 24.6 Å². The van der Waals surface area contributed by atoms with Gasteiger partial charge in [-0.05, 0) is 69.8 Å². The smallest absolute Gasteiger partial charge is 0.133 e. The molecule has 1 aromatic rings. The van der Waals surface area contributed by atoms with Gasteiger partial charge in [0, 0.05) is 37.0 Å². The normalized spacial score (nSPS) is 30.2. The van der Waals surface area contributed by atoms with Gasteiger partial charge in [-0.2, -0.15) is 0 Å². The first-order chi connectivity index (χ1) is 14.2. The average molecular weight is 396 g/mol. The van der Waals surface area contributed by atoms with Gasteiger partial charge in [-0.25, -0.2) is 9.97 Å². The summed E-state index contributed by atoms with van der Waals surface area (Å²) in [4.78, 5) is 24.0. The van der Waals surface area contributed by atoms with E-state index in [-0.39, 0.29) is 5.92 Å². The van der Waals surface area contributed by atoms with Crippen molar-refractivity contribution < 1.29 is 9.53 Å². The molecule has 3 aliphatic carbocycles. The predicted octanol–water partition coefficient (Wildman–Crippen LogP) is 3.61. The van der Waals surface area contributed by atoms with Crippen molar-refractivity contribution in [2.75, 3.05) is 26.3 Å². The molecule has 1 saturated heterocycles. The first kappa shape index (κ1) is 19.4. The van der Waals surface area contributed by atoms with E-state index in [1.165, 1.54) is 53.8 Å². The van der Waals surface area contributed by atoms with E-state index in [4.69, 9.17) is 9.72 Å². The Balaban J connectivity index is 1.27. The number of hydrogen-bond acceptors (Lipinski definition) is 5. The third kappa shape index (κ3) is 3.91. The average Bonchev–Trinajstić information content (AvgIpc) is 3.13. The third-order valence-electron chi connectivity index (χ3n) is 7.79. The largest absolute Gasteiger partial charge is 0.379 e. The van der Waals surface area contributed by atoms with Crippen molar-refractivity contribution in [2.45, 2.75) is 70.8 Å². The number of Topliss-reactive ketones (excluding diaryl/α,β-unsaturated/α-hetero) is 1. The highest BCUT2D eigenvalue weighted by Gasteiger charge is 2.34. The zero-order valence-electron chi connectivity index (χ0n) is 17.7. The van der Waals surface area contributed by atoms with E-state index in [2.05, 4.69) is 9.88 Å². The van der Waals surface area contributed by atoms with Crippen LogP contribution in [0.5, 0.6) is 0 Å². The Morgan fingerprint density at radius 2 is 1.93 bits per heavy atom. The highest BCUT2D eigenvalue weighted by atomic mass is 16.5. The molecule has 1 aromatic heterocycles. The second kappa shape index (κ2) is 8.27. The molecule has 0 amide bonds. The maximum atomic E-state index is 12.0. The topological polar surface area (TPSA) is 55.3 Å². The second-order valence-electron chi connectivity index (χ2n) is 9.48. The molecule has 5 nitrogen and oxygen atoms in total. The SMILES string of the molecule is CC(=O)C1CCC2=C(C1)c1c(ncnc1CC1CCC(N3CCOCC3)CC1)C2. The molecule has 1 aliphatic heterocycles. The summed E-state index contributed by atoms with van der Waals surface area (Å²) in [6.07, 6.45) is 12.0. The Morgan fingerprint density at radius 1 is 1.14 bits per heavy atom. The lowest BCUT2D eigenvalue weighted by atomic mass is 9.79. The number of rotatable bonds is 4. The molecule has 1 unspecified atom stereocenters. The van der Waals surface area contributed by atoms with Crippen molar-refractivity contribution in [3.63, 3.8) is 0 Å². The number of ether oxygens (including phenoxy) is 1. The van der Waals surface area contributed by atoms with Crippen LogP contribution in [-0.2, 0) is 22.4 Å². The number of morpholine rings is 1. The van der Waals surface area contributed by atoms with E-state index in [0.29, 0.717) is 5.78 Å². The van der Waals surface area contributed by atoms with Gasteiger partial charge >= 0.3 is 0 Å². The molecule has 1 saturated carbocycles. The van der Waals surface area contributed by atoms with Crippen molar-refractivity contribution in [2.24, 2.45) is 11.8 Å². The maximum absolute atomic E-state index is 12.0. The minimum Gasteiger partial charge on any atom is -0.379 e. The van der Waals surface area contributed by atoms with Gasteiger partial charge in [0.2, 0.25) is 0 Å². The molecular formula is C24H33N3O2. The third-order valence-corrected chi connectivity index (χ3v) is 7.79. The van der Waals surface area contributed by atoms with E-state index >= 15 is 0 Å². The lowest BCUT2D eigenvalue weighted by Crippen LogP contribution is -2.45. The fourth-order valence-electron chi connectivity index (χ4n) is 6.05. The Morgan fingerprint density at radius 3 is 2.69 bits per heavy atom. The van der Waals surface area contributed by atoms with Crippen LogP contribution in [0.15, 0.2) is 11.9 Å². The molecule has 0 radical (unpaired) electrons. The monoisotopic (exact) mass is 395 g/mol. The molecular weight excluding hydrogens is 362 g/mol. The zero-order valence-corrected chi connectivity index (χ0v) is 17.7. The van der Waals surface area contributed by atoms with Gasteiger partial charge in [-0.15, -0.1) is 0 Å². The van der Waals surface area contributed by atoms with Crippen LogP contribution in [0, 0.1) is 11.8 Å². The number of hydrogen-bond donors (Lipinski definition) is 0. The van der Waals surface area contributed by atoms with Crippen LogP contribution in [-0.4, -0.2) is 53.0 Å². The van der Waals surface area contributed by atoms with E-state index in [1.54, 1.807) is 13.3 Å². The van der Waals surface area contributed by atoms with Crippen molar-refractivity contribution >= 4 is 11.4 Å². The summed E-state index contributed by atoms with van der Waals surface area (Å²) in [7, 11) is 0. The number of aromatic nitrogens is 2. The van der Waals surface area contributed by atoms with Crippen LogP contribution in [0.25, 0.3) is 5.57 Å². The summed E-state index contributed by atoms with van der Waals surface area (Å²) in [5.41, 5.74) is 6.73. The fourth-order valence-corrected chi connectivity index (χ4v) is 6.05. The molecule has 5 heteroatoms. The maximum Gasteiger partial charge on any atom is 0.133 e. The van der Waals surface area contributed by atoms with Crippen molar-refractivity contribution in [1.29, 1.82) is 0 Å². The van der Waals surface area contributed by atoms with Gasteiger partial charge in [0.15, 0.2) is 0 Å². The highest BCUT2D eigenvalue weighted by molar-refractivity contribution is 5.85. The van der Waals surface area contributed by atoms with Crippen LogP contribution < -0.4 is 0 Å². The molecule has 0 N–H and O–H groups in total. The van der Waals surface area contributed by atoms with Crippen molar-refractivity contribution in [3.8, 4) is 0 Å². The number of fused-ring (bicyclic) bond motifs is 2. The van der Waals surface area contributed by atoms with Crippen LogP contribution in [0.4, 0.5) is 0 Å². The van der Waals surface area contributed by atoms with Crippen molar-refractivity contribution in [3.05, 3.63) is 28.9 Å². The lowest BCUT2D eigenvalue weighted by molar-refractivity contribution is -0.120. The quantitative estimate of drug-likeness (QED) is 0.780. The van der Waals surface area contributed by atoms with Gasteiger partial charge in [-0.1, -0.05) is 5.57 Å². The Bertz CT molecular complexity index is 804. The Labute approximate surface area is 173 Å². The fraction of sp³-hybridized carbons (Fsp3) is 0.708. The molecule has 5 rings (SSSR count). The van der Waals surface area contributed by atoms with Gasteiger partial charge in [0.1, 0.15) is 12.1 Å². The van der Waals surface area contributed by atoms with E-state index in [0.717, 1.165) is 70.4 Å². The summed E-state index contributed by atoms with van der Waals surface area (Å²) in [6, 6.07) is 0.746. The molecule has 2 fully saturated rings. The first-order valence-corrected chi connectivity index (χ1v) is 11.5. The molecule has 0 spiro atoms. The number of carbonyl (C=O) groups excluding carboxylic acids is 1. The second-order valence-corrected chi connectivity index (χ2v) is 9.48. The minimum atomic E-state index is 0.191. The summed E-state index contributed by atoms with van der Waals surface area (Å²) in [6.45, 7) is 5.74. The molecule has 2 heterocycles. The van der Waals surface area contributed by atoms with E-state index in [9.17, 15) is 4.79 Å². The molecule has 156 valence electrons. The standard InChI is InChI=1S/C24H33N3O2/c1-16(28)18-4-5-19-14-23-24(21(19)13-18)22(25-15-26-23)12-17-2-6-20(7-3-17)27-8-10-29-11-9-27/h15,17-18,20H,2-14H2,1H3. The number of nitrogens with zero attached hydrogens (tertiary/aromatic N) is 3. The number of allylic oxidation sites excluding steroid dienone is 2. The highest BCUT2D eigenvalue weighted by Crippen LogP contribution is 2.45. The minimum absolute atomic E-state index is 0.191. The van der Waals surface area contributed by atoms with Crippen LogP contribution in [0.1, 0.15) is 68.8 Å². The summed E-state index contributed by atoms with van der Waals surface area (Å²) in [5.74, 6) is 1.25. The van der Waals surface area contributed by atoms with Gasteiger partial charge in [0.25, 0.3) is 0 Å². The number of carbonyl (C=O) groups is 1. The van der Waals surface area contributed by atoms with Gasteiger partial charge in [-0.3, -0.25) is 9.69 Å². The summed E-state index contributed by atoms with van der Waals surface area (Å²) in [5, 5.41) is 0. The predicted molar refractivity (Wildman–Crippen MR) is 113 cm³/mol. The van der Waals surface area contributed by atoms with Crippen LogP contribution >= 0.6 is 0 Å². The zero-order chi connectivity index (χ0) is 19.8. The molecule has 4 aliphatic rings. The van der Waals surface area contributed by atoms with Gasteiger partial charge < -0.3 is 4.74 Å². The van der Waals surface area contributed by atoms with Crippen LogP contribution in [0.2, 0.25) is 0 Å². The molecule has 1 atom stereocenters. The molecule has 0 aromatic carbocycles. The van der Waals surface area contributed by atoms with E-state index in [1.807, 2.05) is 0 Å². The van der Waals surface area contributed by atoms with Crippen LogP contribution in [0.3, 0.4) is 0 Å². The number of ketones is 1.